The summed E-state index contributed by atoms with van der Waals surface area (Å²) in [4.78, 5) is 26.8. The summed E-state index contributed by atoms with van der Waals surface area (Å²) in [5, 5.41) is 2.74. The van der Waals surface area contributed by atoms with E-state index in [0.717, 1.165) is 58.0 Å². The van der Waals surface area contributed by atoms with Gasteiger partial charge in [-0.2, -0.15) is 4.31 Å². The number of piperidine rings is 2. The number of anilines is 1. The molecule has 0 radical (unpaired) electrons. The Hall–Kier alpha value is -2.13. The van der Waals surface area contributed by atoms with Gasteiger partial charge in [-0.25, -0.2) is 13.2 Å². The molecule has 2 saturated heterocycles. The molecule has 0 aromatic heterocycles. The quantitative estimate of drug-likeness (QED) is 0.593. The molecule has 0 aliphatic carbocycles. The van der Waals surface area contributed by atoms with Gasteiger partial charge in [0.15, 0.2) is 6.61 Å². The zero-order valence-electron chi connectivity index (χ0n) is 19.1. The number of sulfonamides is 1. The average Bonchev–Trinajstić information content (AvgIpc) is 2.83. The molecule has 3 rings (SSSR count). The number of esters is 1. The maximum absolute atomic E-state index is 13.5. The van der Waals surface area contributed by atoms with E-state index in [1.54, 1.807) is 12.1 Å². The number of amides is 1. The third-order valence-corrected chi connectivity index (χ3v) is 8.11. The van der Waals surface area contributed by atoms with Gasteiger partial charge in [-0.3, -0.25) is 4.79 Å². The Kier molecular flexibility index (Phi) is 8.53. The number of nitrogens with one attached hydrogen (secondary N) is 1. The number of carbonyl (C=O) groups is 2. The molecule has 32 heavy (non-hydrogen) atoms. The van der Waals surface area contributed by atoms with E-state index in [1.807, 2.05) is 13.8 Å². The van der Waals surface area contributed by atoms with Crippen molar-refractivity contribution in [2.45, 2.75) is 69.7 Å². The third-order valence-electron chi connectivity index (χ3n) is 6.18. The minimum absolute atomic E-state index is 0.00804. The maximum Gasteiger partial charge on any atom is 0.338 e. The van der Waals surface area contributed by atoms with Crippen LogP contribution in [0.15, 0.2) is 23.1 Å². The van der Waals surface area contributed by atoms with Gasteiger partial charge in [0.2, 0.25) is 10.0 Å². The van der Waals surface area contributed by atoms with Gasteiger partial charge in [0, 0.05) is 32.2 Å². The standard InChI is InChI=1S/C23H35N3O5S/c1-3-18(2)24-22(27)17-31-23(28)19-10-11-20(25-12-6-4-7-13-25)21(16-19)32(29,30)26-14-8-5-9-15-26/h10-11,16,18H,3-9,12-15,17H2,1-2H3,(H,24,27). The molecule has 1 aromatic rings. The Morgan fingerprint density at radius 3 is 2.28 bits per heavy atom. The van der Waals surface area contributed by atoms with E-state index < -0.39 is 22.6 Å². The first kappa shape index (κ1) is 24.5. The van der Waals surface area contributed by atoms with Crippen molar-refractivity contribution in [3.63, 3.8) is 0 Å². The highest BCUT2D eigenvalue weighted by molar-refractivity contribution is 7.89. The van der Waals surface area contributed by atoms with Crippen LogP contribution in [0.1, 0.15) is 69.2 Å². The fraction of sp³-hybridized carbons (Fsp3) is 0.652. The molecule has 1 amide bonds. The van der Waals surface area contributed by atoms with Crippen molar-refractivity contribution in [2.24, 2.45) is 0 Å². The third kappa shape index (κ3) is 6.01. The Morgan fingerprint density at radius 1 is 1.03 bits per heavy atom. The zero-order valence-corrected chi connectivity index (χ0v) is 20.0. The van der Waals surface area contributed by atoms with Gasteiger partial charge in [-0.1, -0.05) is 13.3 Å². The molecule has 2 aliphatic rings. The predicted molar refractivity (Wildman–Crippen MR) is 123 cm³/mol. The average molecular weight is 466 g/mol. The molecule has 178 valence electrons. The molecular formula is C23H35N3O5S. The Morgan fingerprint density at radius 2 is 1.66 bits per heavy atom. The van der Waals surface area contributed by atoms with E-state index in [1.165, 1.54) is 10.4 Å². The Labute approximate surface area is 191 Å². The van der Waals surface area contributed by atoms with Crippen molar-refractivity contribution < 1.29 is 22.7 Å². The van der Waals surface area contributed by atoms with Crippen molar-refractivity contribution in [3.05, 3.63) is 23.8 Å². The van der Waals surface area contributed by atoms with Crippen molar-refractivity contribution in [1.29, 1.82) is 0 Å². The molecule has 8 nitrogen and oxygen atoms in total. The van der Waals surface area contributed by atoms with E-state index >= 15 is 0 Å². The van der Waals surface area contributed by atoms with Crippen LogP contribution in [-0.2, 0) is 19.6 Å². The van der Waals surface area contributed by atoms with Gasteiger partial charge in [-0.05, 0) is 63.6 Å². The molecule has 2 aliphatic heterocycles. The lowest BCUT2D eigenvalue weighted by atomic mass is 10.1. The summed E-state index contributed by atoms with van der Waals surface area (Å²) in [5.74, 6) is -1.08. The number of hydrogen-bond donors (Lipinski definition) is 1. The molecule has 0 saturated carbocycles. The van der Waals surface area contributed by atoms with Crippen LogP contribution < -0.4 is 10.2 Å². The van der Waals surface area contributed by atoms with E-state index in [9.17, 15) is 18.0 Å². The van der Waals surface area contributed by atoms with Gasteiger partial charge in [0.05, 0.1) is 11.3 Å². The first-order chi connectivity index (χ1) is 15.3. The summed E-state index contributed by atoms with van der Waals surface area (Å²) >= 11 is 0. The Balaban J connectivity index is 1.84. The van der Waals surface area contributed by atoms with Crippen molar-refractivity contribution in [2.75, 3.05) is 37.7 Å². The summed E-state index contributed by atoms with van der Waals surface area (Å²) in [6, 6.07) is 4.71. The molecular weight excluding hydrogens is 430 g/mol. The van der Waals surface area contributed by atoms with Crippen LogP contribution in [0.5, 0.6) is 0 Å². The summed E-state index contributed by atoms with van der Waals surface area (Å²) < 4.78 is 33.7. The second-order valence-electron chi connectivity index (χ2n) is 8.65. The molecule has 1 N–H and O–H groups in total. The molecule has 0 spiro atoms. The molecule has 0 bridgehead atoms. The fourth-order valence-electron chi connectivity index (χ4n) is 4.12. The van der Waals surface area contributed by atoms with Crippen LogP contribution in [0.3, 0.4) is 0 Å². The lowest BCUT2D eigenvalue weighted by Gasteiger charge is -2.33. The number of rotatable bonds is 8. The van der Waals surface area contributed by atoms with Gasteiger partial charge in [0.25, 0.3) is 5.91 Å². The first-order valence-electron chi connectivity index (χ1n) is 11.7. The highest BCUT2D eigenvalue weighted by atomic mass is 32.2. The lowest BCUT2D eigenvalue weighted by Crippen LogP contribution is -2.38. The minimum atomic E-state index is -3.74. The summed E-state index contributed by atoms with van der Waals surface area (Å²) in [7, 11) is -3.74. The molecule has 1 atom stereocenters. The van der Waals surface area contributed by atoms with Gasteiger partial charge in [-0.15, -0.1) is 0 Å². The molecule has 1 unspecified atom stereocenters. The number of hydrogen-bond acceptors (Lipinski definition) is 6. The van der Waals surface area contributed by atoms with E-state index in [-0.39, 0.29) is 22.4 Å². The first-order valence-corrected chi connectivity index (χ1v) is 13.1. The number of nitrogens with zero attached hydrogens (tertiary/aromatic N) is 2. The predicted octanol–water partition coefficient (Wildman–Crippen LogP) is 2.92. The number of benzene rings is 1. The van der Waals surface area contributed by atoms with E-state index in [4.69, 9.17) is 4.74 Å². The normalized spacial score (nSPS) is 18.8. The summed E-state index contributed by atoms with van der Waals surface area (Å²) in [6.45, 7) is 6.00. The smallest absolute Gasteiger partial charge is 0.338 e. The second-order valence-corrected chi connectivity index (χ2v) is 10.6. The van der Waals surface area contributed by atoms with Crippen LogP contribution >= 0.6 is 0 Å². The largest absolute Gasteiger partial charge is 0.452 e. The van der Waals surface area contributed by atoms with Crippen molar-refractivity contribution in [3.8, 4) is 0 Å². The van der Waals surface area contributed by atoms with Crippen LogP contribution in [0.4, 0.5) is 5.69 Å². The van der Waals surface area contributed by atoms with Crippen LogP contribution in [0.25, 0.3) is 0 Å². The topological polar surface area (TPSA) is 96.0 Å². The minimum Gasteiger partial charge on any atom is -0.452 e. The fourth-order valence-corrected chi connectivity index (χ4v) is 5.88. The monoisotopic (exact) mass is 465 g/mol. The van der Waals surface area contributed by atoms with Crippen molar-refractivity contribution >= 4 is 27.6 Å². The zero-order chi connectivity index (χ0) is 23.1. The second kappa shape index (κ2) is 11.1. The van der Waals surface area contributed by atoms with E-state index in [0.29, 0.717) is 18.8 Å². The highest BCUT2D eigenvalue weighted by Gasteiger charge is 2.31. The summed E-state index contributed by atoms with van der Waals surface area (Å²) in [5.41, 5.74) is 0.777. The SMILES string of the molecule is CCC(C)NC(=O)COC(=O)c1ccc(N2CCCCC2)c(S(=O)(=O)N2CCCCC2)c1. The molecule has 9 heteroatoms. The van der Waals surface area contributed by atoms with Crippen LogP contribution in [-0.4, -0.2) is 63.4 Å². The van der Waals surface area contributed by atoms with Crippen molar-refractivity contribution in [1.82, 2.24) is 9.62 Å². The lowest BCUT2D eigenvalue weighted by molar-refractivity contribution is -0.124. The Bertz CT molecular complexity index is 906. The molecule has 2 fully saturated rings. The number of ether oxygens (including phenoxy) is 1. The number of carbonyl (C=O) groups excluding carboxylic acids is 2. The van der Waals surface area contributed by atoms with Gasteiger partial charge >= 0.3 is 5.97 Å². The maximum atomic E-state index is 13.5. The van der Waals surface area contributed by atoms with Gasteiger partial charge in [0.1, 0.15) is 4.90 Å². The highest BCUT2D eigenvalue weighted by Crippen LogP contribution is 2.32. The van der Waals surface area contributed by atoms with Crippen LogP contribution in [0.2, 0.25) is 0 Å². The van der Waals surface area contributed by atoms with Gasteiger partial charge < -0.3 is 15.0 Å². The molecule has 2 heterocycles. The summed E-state index contributed by atoms with van der Waals surface area (Å²) in [6.07, 6.45) is 6.63. The van der Waals surface area contributed by atoms with Crippen LogP contribution in [0, 0.1) is 0 Å². The van der Waals surface area contributed by atoms with E-state index in [2.05, 4.69) is 10.2 Å². The molecule has 1 aromatic carbocycles.